The molecule has 0 saturated heterocycles. The van der Waals surface area contributed by atoms with Gasteiger partial charge in [0.1, 0.15) is 19.0 Å². The van der Waals surface area contributed by atoms with Crippen molar-refractivity contribution in [3.63, 3.8) is 0 Å². The summed E-state index contributed by atoms with van der Waals surface area (Å²) in [6.07, 6.45) is 3.16. The van der Waals surface area contributed by atoms with Crippen LogP contribution in [0.1, 0.15) is 5.56 Å². The fraction of sp³-hybridized carbons (Fsp3) is 0.235. The van der Waals surface area contributed by atoms with E-state index in [0.29, 0.717) is 18.7 Å². The van der Waals surface area contributed by atoms with Gasteiger partial charge in [0.2, 0.25) is 0 Å². The number of ether oxygens (including phenoxy) is 1. The highest BCUT2D eigenvalue weighted by atomic mass is 16.5. The molecular formula is C17H16N6O3. The van der Waals surface area contributed by atoms with E-state index < -0.39 is 6.10 Å². The number of aliphatic hydroxyl groups is 1. The Morgan fingerprint density at radius 3 is 2.96 bits per heavy atom. The lowest BCUT2D eigenvalue weighted by Gasteiger charge is -2.17. The third kappa shape index (κ3) is 3.11. The van der Waals surface area contributed by atoms with Gasteiger partial charge in [-0.2, -0.15) is 4.68 Å². The Morgan fingerprint density at radius 1 is 1.35 bits per heavy atom. The van der Waals surface area contributed by atoms with Crippen LogP contribution in [0, 0.1) is 0 Å². The van der Waals surface area contributed by atoms with Crippen molar-refractivity contribution in [1.29, 1.82) is 0 Å². The maximum absolute atomic E-state index is 10.3. The molecule has 26 heavy (non-hydrogen) atoms. The van der Waals surface area contributed by atoms with Crippen LogP contribution in [0.15, 0.2) is 42.9 Å². The summed E-state index contributed by atoms with van der Waals surface area (Å²) in [6, 6.07) is 9.67. The van der Waals surface area contributed by atoms with Crippen LogP contribution in [0.3, 0.4) is 0 Å². The standard InChI is InChI=1S/C17H16N6O3/c24-10-26-8-16(25)15-6-13-5-11(1-3-14(13)20-15)12-2-4-17(18-7-12)23-9-19-21-22-23/h1-5,7,9-10,15-16,20,25H,6,8H2/t15-,16-/m0/s1. The van der Waals surface area contributed by atoms with Crippen molar-refractivity contribution in [2.24, 2.45) is 0 Å². The van der Waals surface area contributed by atoms with Crippen molar-refractivity contribution in [3.05, 3.63) is 48.4 Å². The van der Waals surface area contributed by atoms with Gasteiger partial charge in [-0.1, -0.05) is 6.07 Å². The Bertz CT molecular complexity index is 897. The van der Waals surface area contributed by atoms with Crippen molar-refractivity contribution in [2.75, 3.05) is 11.9 Å². The van der Waals surface area contributed by atoms with E-state index in [1.54, 1.807) is 6.20 Å². The summed E-state index contributed by atoms with van der Waals surface area (Å²) in [5.41, 5.74) is 4.07. The molecule has 0 bridgehead atoms. The first-order chi connectivity index (χ1) is 12.7. The van der Waals surface area contributed by atoms with Gasteiger partial charge in [0.15, 0.2) is 5.82 Å². The van der Waals surface area contributed by atoms with Gasteiger partial charge in [0.05, 0.1) is 6.04 Å². The molecule has 2 atom stereocenters. The van der Waals surface area contributed by atoms with Gasteiger partial charge >= 0.3 is 0 Å². The molecule has 9 heteroatoms. The Balaban J connectivity index is 1.51. The molecule has 0 unspecified atom stereocenters. The zero-order valence-corrected chi connectivity index (χ0v) is 13.7. The first kappa shape index (κ1) is 16.2. The number of aromatic nitrogens is 5. The smallest absolute Gasteiger partial charge is 0.293 e. The van der Waals surface area contributed by atoms with Gasteiger partial charge in [0, 0.05) is 17.4 Å². The van der Waals surface area contributed by atoms with Crippen LogP contribution in [-0.2, 0) is 16.0 Å². The van der Waals surface area contributed by atoms with E-state index in [4.69, 9.17) is 0 Å². The second kappa shape index (κ2) is 6.89. The van der Waals surface area contributed by atoms with E-state index in [2.05, 4.69) is 36.6 Å². The number of pyridine rings is 1. The third-order valence-electron chi connectivity index (χ3n) is 4.35. The number of anilines is 1. The second-order valence-corrected chi connectivity index (χ2v) is 5.98. The van der Waals surface area contributed by atoms with Gasteiger partial charge in [0.25, 0.3) is 6.47 Å². The largest absolute Gasteiger partial charge is 0.465 e. The minimum absolute atomic E-state index is 0.0233. The Morgan fingerprint density at radius 2 is 2.23 bits per heavy atom. The molecule has 132 valence electrons. The number of fused-ring (bicyclic) bond motifs is 1. The fourth-order valence-corrected chi connectivity index (χ4v) is 3.02. The maximum Gasteiger partial charge on any atom is 0.293 e. The highest BCUT2D eigenvalue weighted by Crippen LogP contribution is 2.31. The average molecular weight is 352 g/mol. The first-order valence-electron chi connectivity index (χ1n) is 8.07. The van der Waals surface area contributed by atoms with Crippen molar-refractivity contribution in [3.8, 4) is 16.9 Å². The molecule has 1 aliphatic heterocycles. The number of aliphatic hydroxyl groups excluding tert-OH is 1. The molecule has 2 N–H and O–H groups in total. The number of tetrazole rings is 1. The van der Waals surface area contributed by atoms with E-state index in [-0.39, 0.29) is 12.6 Å². The molecule has 9 nitrogen and oxygen atoms in total. The Hall–Kier alpha value is -3.33. The predicted molar refractivity (Wildman–Crippen MR) is 91.5 cm³/mol. The topological polar surface area (TPSA) is 115 Å². The molecule has 1 aromatic carbocycles. The summed E-state index contributed by atoms with van der Waals surface area (Å²) in [7, 11) is 0. The number of hydrogen-bond donors (Lipinski definition) is 2. The Kier molecular flexibility index (Phi) is 4.28. The summed E-state index contributed by atoms with van der Waals surface area (Å²) in [4.78, 5) is 14.7. The highest BCUT2D eigenvalue weighted by Gasteiger charge is 2.27. The summed E-state index contributed by atoms with van der Waals surface area (Å²) in [5.74, 6) is 0.639. The quantitative estimate of drug-likeness (QED) is 0.620. The molecule has 2 aromatic heterocycles. The van der Waals surface area contributed by atoms with Crippen LogP contribution >= 0.6 is 0 Å². The van der Waals surface area contributed by atoms with Crippen molar-refractivity contribution in [2.45, 2.75) is 18.6 Å². The summed E-state index contributed by atoms with van der Waals surface area (Å²) in [5, 5.41) is 24.3. The average Bonchev–Trinajstić information content (AvgIpc) is 3.35. The van der Waals surface area contributed by atoms with Gasteiger partial charge in [-0.05, 0) is 52.2 Å². The van der Waals surface area contributed by atoms with Crippen LogP contribution in [0.5, 0.6) is 0 Å². The molecule has 0 saturated carbocycles. The minimum Gasteiger partial charge on any atom is -0.465 e. The maximum atomic E-state index is 10.3. The van der Waals surface area contributed by atoms with Gasteiger partial charge in [-0.3, -0.25) is 4.79 Å². The molecule has 3 aromatic rings. The van der Waals surface area contributed by atoms with Crippen molar-refractivity contribution >= 4 is 12.2 Å². The van der Waals surface area contributed by atoms with E-state index >= 15 is 0 Å². The summed E-state index contributed by atoms with van der Waals surface area (Å²) < 4.78 is 6.14. The van der Waals surface area contributed by atoms with Crippen molar-refractivity contribution < 1.29 is 14.6 Å². The molecule has 0 spiro atoms. The summed E-state index contributed by atoms with van der Waals surface area (Å²) in [6.45, 7) is 0.319. The molecule has 0 aliphatic carbocycles. The first-order valence-corrected chi connectivity index (χ1v) is 8.07. The zero-order chi connectivity index (χ0) is 17.9. The normalized spacial score (nSPS) is 16.6. The number of carbonyl (C=O) groups is 1. The van der Waals surface area contributed by atoms with E-state index in [1.165, 1.54) is 11.0 Å². The van der Waals surface area contributed by atoms with Crippen LogP contribution in [-0.4, -0.2) is 55.5 Å². The van der Waals surface area contributed by atoms with Crippen LogP contribution in [0.4, 0.5) is 5.69 Å². The molecule has 0 fully saturated rings. The number of nitrogens with one attached hydrogen (secondary N) is 1. The van der Waals surface area contributed by atoms with Crippen LogP contribution in [0.25, 0.3) is 16.9 Å². The van der Waals surface area contributed by atoms with Gasteiger partial charge in [-0.15, -0.1) is 5.10 Å². The molecule has 1 aliphatic rings. The molecule has 3 heterocycles. The lowest BCUT2D eigenvalue weighted by atomic mass is 10.0. The highest BCUT2D eigenvalue weighted by molar-refractivity contribution is 5.70. The predicted octanol–water partition coefficient (Wildman–Crippen LogP) is 0.595. The fourth-order valence-electron chi connectivity index (χ4n) is 3.02. The zero-order valence-electron chi connectivity index (χ0n) is 13.7. The molecule has 0 radical (unpaired) electrons. The Labute approximate surface area is 148 Å². The number of carbonyl (C=O) groups excluding carboxylic acids is 1. The van der Waals surface area contributed by atoms with Gasteiger partial charge < -0.3 is 15.2 Å². The molecule has 4 rings (SSSR count). The lowest BCUT2D eigenvalue weighted by Crippen LogP contribution is -2.35. The van der Waals surface area contributed by atoms with E-state index in [9.17, 15) is 9.90 Å². The lowest BCUT2D eigenvalue weighted by molar-refractivity contribution is -0.131. The number of hydrogen-bond acceptors (Lipinski definition) is 8. The second-order valence-electron chi connectivity index (χ2n) is 5.98. The minimum atomic E-state index is -0.756. The third-order valence-corrected chi connectivity index (χ3v) is 4.35. The van der Waals surface area contributed by atoms with Crippen LogP contribution < -0.4 is 5.32 Å². The van der Waals surface area contributed by atoms with Gasteiger partial charge in [-0.25, -0.2) is 4.98 Å². The van der Waals surface area contributed by atoms with E-state index in [0.717, 1.165) is 22.4 Å². The number of rotatable bonds is 6. The summed E-state index contributed by atoms with van der Waals surface area (Å²) >= 11 is 0. The number of benzene rings is 1. The SMILES string of the molecule is O=COC[C@H](O)[C@@H]1Cc2cc(-c3ccc(-n4cnnn4)nc3)ccc2N1. The van der Waals surface area contributed by atoms with Crippen LogP contribution in [0.2, 0.25) is 0 Å². The molecule has 0 amide bonds. The molecular weight excluding hydrogens is 336 g/mol. The monoisotopic (exact) mass is 352 g/mol. The number of nitrogens with zero attached hydrogens (tertiary/aromatic N) is 5. The van der Waals surface area contributed by atoms with Crippen molar-refractivity contribution in [1.82, 2.24) is 25.2 Å². The van der Waals surface area contributed by atoms with E-state index in [1.807, 2.05) is 24.3 Å².